The van der Waals surface area contributed by atoms with E-state index in [0.717, 1.165) is 18.2 Å². The molecule has 1 saturated carbocycles. The molecule has 194 valence electrons. The van der Waals surface area contributed by atoms with Crippen LogP contribution in [0.2, 0.25) is 0 Å². The Morgan fingerprint density at radius 3 is 2.11 bits per heavy atom. The summed E-state index contributed by atoms with van der Waals surface area (Å²) in [7, 11) is 0. The van der Waals surface area contributed by atoms with E-state index in [2.05, 4.69) is 56.1 Å². The molecule has 4 rings (SSSR count). The molecule has 0 radical (unpaired) electrons. The van der Waals surface area contributed by atoms with Gasteiger partial charge in [-0.3, -0.25) is 9.69 Å². The molecule has 0 spiro atoms. The first-order valence-electron chi connectivity index (χ1n) is 13.5. The minimum absolute atomic E-state index is 0.0376. The predicted octanol–water partition coefficient (Wildman–Crippen LogP) is 4.50. The van der Waals surface area contributed by atoms with Gasteiger partial charge in [-0.25, -0.2) is 9.97 Å². The van der Waals surface area contributed by atoms with Crippen LogP contribution in [0.3, 0.4) is 0 Å². The topological polar surface area (TPSA) is 92.9 Å². The van der Waals surface area contributed by atoms with Gasteiger partial charge in [-0.05, 0) is 56.5 Å². The van der Waals surface area contributed by atoms with Crippen molar-refractivity contribution < 1.29 is 4.79 Å². The molecule has 1 aliphatic carbocycles. The molecule has 2 heterocycles. The standard InChI is InChI=1S/C28H41N7O/c1-3-17-34(18-4-2)25-8-6-5-7-24(25)33-19-22-9-11-23(12-10-22)28(36)35(20-26-29-13-14-30-26)21-27-31-15-16-32-27/h9-16,24-25,33H,3-8,17-21H2,1-2H3,(H,29,30)(H,31,32). The summed E-state index contributed by atoms with van der Waals surface area (Å²) >= 11 is 0. The highest BCUT2D eigenvalue weighted by molar-refractivity contribution is 5.94. The Labute approximate surface area is 214 Å². The maximum Gasteiger partial charge on any atom is 0.254 e. The van der Waals surface area contributed by atoms with Crippen LogP contribution in [-0.2, 0) is 19.6 Å². The molecular weight excluding hydrogens is 450 g/mol. The Balaban J connectivity index is 1.38. The van der Waals surface area contributed by atoms with Crippen molar-refractivity contribution in [1.82, 2.24) is 35.1 Å². The summed E-state index contributed by atoms with van der Waals surface area (Å²) in [4.78, 5) is 32.6. The molecule has 0 bridgehead atoms. The molecule has 8 heteroatoms. The first-order chi connectivity index (χ1) is 17.7. The molecule has 1 amide bonds. The number of aromatic nitrogens is 4. The van der Waals surface area contributed by atoms with Gasteiger partial charge >= 0.3 is 0 Å². The lowest BCUT2D eigenvalue weighted by Crippen LogP contribution is -2.52. The second-order valence-electron chi connectivity index (χ2n) is 9.81. The fraction of sp³-hybridized carbons (Fsp3) is 0.536. The fourth-order valence-corrected chi connectivity index (χ4v) is 5.33. The summed E-state index contributed by atoms with van der Waals surface area (Å²) in [6.45, 7) is 8.53. The highest BCUT2D eigenvalue weighted by atomic mass is 16.2. The molecule has 2 atom stereocenters. The van der Waals surface area contributed by atoms with Gasteiger partial charge in [0.05, 0.1) is 13.1 Å². The molecule has 36 heavy (non-hydrogen) atoms. The summed E-state index contributed by atoms with van der Waals surface area (Å²) in [5.74, 6) is 1.46. The summed E-state index contributed by atoms with van der Waals surface area (Å²) in [5.41, 5.74) is 1.88. The number of nitrogens with zero attached hydrogens (tertiary/aromatic N) is 4. The average Bonchev–Trinajstić information content (AvgIpc) is 3.62. The van der Waals surface area contributed by atoms with Gasteiger partial charge in [0, 0.05) is 49.0 Å². The summed E-state index contributed by atoms with van der Waals surface area (Å²) in [5, 5.41) is 3.85. The Morgan fingerprint density at radius 2 is 1.56 bits per heavy atom. The van der Waals surface area contributed by atoms with E-state index in [4.69, 9.17) is 0 Å². The number of H-pyrrole nitrogens is 2. The van der Waals surface area contributed by atoms with Crippen molar-refractivity contribution in [3.63, 3.8) is 0 Å². The number of rotatable bonds is 13. The zero-order chi connectivity index (χ0) is 25.2. The molecule has 3 aromatic rings. The predicted molar refractivity (Wildman–Crippen MR) is 142 cm³/mol. The lowest BCUT2D eigenvalue weighted by Gasteiger charge is -2.40. The Kier molecular flexibility index (Phi) is 9.69. The van der Waals surface area contributed by atoms with Gasteiger partial charge in [0.15, 0.2) is 0 Å². The van der Waals surface area contributed by atoms with Gasteiger partial charge in [0.25, 0.3) is 5.91 Å². The van der Waals surface area contributed by atoms with Crippen LogP contribution in [0.4, 0.5) is 0 Å². The molecule has 3 N–H and O–H groups in total. The quantitative estimate of drug-likeness (QED) is 0.327. The third kappa shape index (κ3) is 7.04. The molecule has 1 aliphatic rings. The Bertz CT molecular complexity index is 975. The van der Waals surface area contributed by atoms with Crippen LogP contribution in [0.25, 0.3) is 0 Å². The maximum absolute atomic E-state index is 13.4. The number of hydrogen-bond acceptors (Lipinski definition) is 5. The number of amides is 1. The molecule has 0 saturated heterocycles. The molecular formula is C28H41N7O. The van der Waals surface area contributed by atoms with E-state index < -0.39 is 0 Å². The van der Waals surface area contributed by atoms with Crippen LogP contribution in [0.1, 0.15) is 79.9 Å². The van der Waals surface area contributed by atoms with Crippen molar-refractivity contribution in [3.8, 4) is 0 Å². The number of benzene rings is 1. The van der Waals surface area contributed by atoms with Gasteiger partial charge in [-0.15, -0.1) is 0 Å². The number of hydrogen-bond donors (Lipinski definition) is 3. The largest absolute Gasteiger partial charge is 0.347 e. The maximum atomic E-state index is 13.4. The molecule has 0 aliphatic heterocycles. The summed E-state index contributed by atoms with van der Waals surface area (Å²) in [6.07, 6.45) is 14.5. The number of nitrogens with one attached hydrogen (secondary N) is 3. The van der Waals surface area contributed by atoms with Gasteiger partial charge in [0.2, 0.25) is 0 Å². The van der Waals surface area contributed by atoms with Crippen LogP contribution in [0.15, 0.2) is 49.1 Å². The summed E-state index contributed by atoms with van der Waals surface area (Å²) in [6, 6.07) is 9.18. The van der Waals surface area contributed by atoms with Crippen LogP contribution < -0.4 is 5.32 Å². The van der Waals surface area contributed by atoms with Gasteiger partial charge in [-0.1, -0.05) is 38.8 Å². The minimum Gasteiger partial charge on any atom is -0.347 e. The van der Waals surface area contributed by atoms with E-state index in [1.165, 1.54) is 57.2 Å². The van der Waals surface area contributed by atoms with E-state index in [1.807, 2.05) is 12.1 Å². The number of imidazole rings is 2. The lowest BCUT2D eigenvalue weighted by molar-refractivity contribution is 0.0721. The number of carbonyl (C=O) groups excluding carboxylic acids is 1. The SMILES string of the molecule is CCCN(CCC)C1CCCCC1NCc1ccc(C(=O)N(Cc2ncc[nH]2)Cc2ncc[nH]2)cc1. The number of aromatic amines is 2. The first kappa shape index (κ1) is 26.1. The van der Waals surface area contributed by atoms with E-state index in [-0.39, 0.29) is 5.91 Å². The van der Waals surface area contributed by atoms with E-state index in [0.29, 0.717) is 30.7 Å². The van der Waals surface area contributed by atoms with Crippen LogP contribution in [0, 0.1) is 0 Å². The monoisotopic (exact) mass is 491 g/mol. The molecule has 2 aromatic heterocycles. The van der Waals surface area contributed by atoms with Crippen molar-refractivity contribution in [2.75, 3.05) is 13.1 Å². The smallest absolute Gasteiger partial charge is 0.254 e. The van der Waals surface area contributed by atoms with Crippen LogP contribution >= 0.6 is 0 Å². The molecule has 8 nitrogen and oxygen atoms in total. The lowest BCUT2D eigenvalue weighted by atomic mass is 9.88. The molecule has 2 unspecified atom stereocenters. The van der Waals surface area contributed by atoms with E-state index in [9.17, 15) is 4.79 Å². The highest BCUT2D eigenvalue weighted by Crippen LogP contribution is 2.24. The van der Waals surface area contributed by atoms with E-state index >= 15 is 0 Å². The fourth-order valence-electron chi connectivity index (χ4n) is 5.33. The second-order valence-corrected chi connectivity index (χ2v) is 9.81. The van der Waals surface area contributed by atoms with E-state index in [1.54, 1.807) is 29.7 Å². The van der Waals surface area contributed by atoms with Gasteiger partial charge < -0.3 is 20.2 Å². The molecule has 1 fully saturated rings. The van der Waals surface area contributed by atoms with Crippen molar-refractivity contribution in [3.05, 3.63) is 71.8 Å². The zero-order valence-corrected chi connectivity index (χ0v) is 21.7. The van der Waals surface area contributed by atoms with Crippen molar-refractivity contribution >= 4 is 5.91 Å². The Morgan fingerprint density at radius 1 is 0.944 bits per heavy atom. The van der Waals surface area contributed by atoms with Crippen LogP contribution in [-0.4, -0.2) is 60.8 Å². The van der Waals surface area contributed by atoms with Crippen molar-refractivity contribution in [2.24, 2.45) is 0 Å². The molecule has 1 aromatic carbocycles. The third-order valence-electron chi connectivity index (χ3n) is 7.07. The number of carbonyl (C=O) groups is 1. The second kappa shape index (κ2) is 13.4. The van der Waals surface area contributed by atoms with Gasteiger partial charge in [0.1, 0.15) is 11.6 Å². The zero-order valence-electron chi connectivity index (χ0n) is 21.7. The Hall–Kier alpha value is -2.97. The van der Waals surface area contributed by atoms with Gasteiger partial charge in [-0.2, -0.15) is 0 Å². The first-order valence-corrected chi connectivity index (χ1v) is 13.5. The van der Waals surface area contributed by atoms with Crippen LogP contribution in [0.5, 0.6) is 0 Å². The highest BCUT2D eigenvalue weighted by Gasteiger charge is 2.29. The average molecular weight is 492 g/mol. The normalized spacial score (nSPS) is 18.0. The summed E-state index contributed by atoms with van der Waals surface area (Å²) < 4.78 is 0. The third-order valence-corrected chi connectivity index (χ3v) is 7.07. The van der Waals surface area contributed by atoms with Crippen molar-refractivity contribution in [1.29, 1.82) is 0 Å². The van der Waals surface area contributed by atoms with Crippen molar-refractivity contribution in [2.45, 2.75) is 84.1 Å². The minimum atomic E-state index is -0.0376.